The standard InChI is InChI=1S/C19H27FN4O2/c1-11(2)18-22-19(26-23-18)14(5)21-15-6-7-17(16(20)8-15)24-9-12(3)25-13(4)10-24/h6-8,11-14,21H,9-10H2,1-5H3/t12-,13+,14-/m0/s1. The highest BCUT2D eigenvalue weighted by molar-refractivity contribution is 5.57. The van der Waals surface area contributed by atoms with Gasteiger partial charge < -0.3 is 19.5 Å². The Bertz CT molecular complexity index is 739. The number of halogens is 1. The maximum atomic E-state index is 14.7. The third kappa shape index (κ3) is 4.15. The summed E-state index contributed by atoms with van der Waals surface area (Å²) in [6, 6.07) is 4.99. The number of hydrogen-bond donors (Lipinski definition) is 1. The first-order valence-electron chi connectivity index (χ1n) is 9.13. The lowest BCUT2D eigenvalue weighted by molar-refractivity contribution is -0.00539. The van der Waals surface area contributed by atoms with Crippen LogP contribution in [0, 0.1) is 5.82 Å². The van der Waals surface area contributed by atoms with Crippen LogP contribution >= 0.6 is 0 Å². The highest BCUT2D eigenvalue weighted by Gasteiger charge is 2.24. The minimum Gasteiger partial charge on any atom is -0.374 e. The van der Waals surface area contributed by atoms with E-state index >= 15 is 0 Å². The molecule has 7 heteroatoms. The van der Waals surface area contributed by atoms with Crippen molar-refractivity contribution < 1.29 is 13.7 Å². The molecule has 0 saturated carbocycles. The number of hydrogen-bond acceptors (Lipinski definition) is 6. The molecule has 2 heterocycles. The van der Waals surface area contributed by atoms with Crippen molar-refractivity contribution in [1.82, 2.24) is 10.1 Å². The molecule has 1 aromatic carbocycles. The topological polar surface area (TPSA) is 63.4 Å². The lowest BCUT2D eigenvalue weighted by atomic mass is 10.1. The lowest BCUT2D eigenvalue weighted by Crippen LogP contribution is -2.45. The average molecular weight is 362 g/mol. The zero-order valence-electron chi connectivity index (χ0n) is 16.0. The lowest BCUT2D eigenvalue weighted by Gasteiger charge is -2.37. The Morgan fingerprint density at radius 1 is 1.19 bits per heavy atom. The Labute approximate surface area is 153 Å². The van der Waals surface area contributed by atoms with Gasteiger partial charge in [0, 0.05) is 24.7 Å². The second-order valence-corrected chi connectivity index (χ2v) is 7.34. The van der Waals surface area contributed by atoms with Gasteiger partial charge in [0.2, 0.25) is 5.89 Å². The monoisotopic (exact) mass is 362 g/mol. The first-order valence-corrected chi connectivity index (χ1v) is 9.13. The molecule has 0 bridgehead atoms. The third-order valence-electron chi connectivity index (χ3n) is 4.44. The first kappa shape index (κ1) is 18.6. The van der Waals surface area contributed by atoms with E-state index in [9.17, 15) is 4.39 Å². The van der Waals surface area contributed by atoms with Gasteiger partial charge >= 0.3 is 0 Å². The quantitative estimate of drug-likeness (QED) is 0.863. The molecule has 26 heavy (non-hydrogen) atoms. The van der Waals surface area contributed by atoms with Crippen molar-refractivity contribution >= 4 is 11.4 Å². The van der Waals surface area contributed by atoms with Crippen molar-refractivity contribution in [3.8, 4) is 0 Å². The minimum atomic E-state index is -0.253. The van der Waals surface area contributed by atoms with Crippen molar-refractivity contribution in [3.63, 3.8) is 0 Å². The molecule has 3 rings (SSSR count). The fourth-order valence-corrected chi connectivity index (χ4v) is 3.20. The van der Waals surface area contributed by atoms with E-state index in [2.05, 4.69) is 15.5 Å². The van der Waals surface area contributed by atoms with Crippen LogP contribution in [-0.4, -0.2) is 35.4 Å². The van der Waals surface area contributed by atoms with Gasteiger partial charge in [-0.05, 0) is 39.0 Å². The molecule has 1 N–H and O–H groups in total. The van der Waals surface area contributed by atoms with Crippen LogP contribution in [0.3, 0.4) is 0 Å². The van der Waals surface area contributed by atoms with Gasteiger partial charge in [-0.3, -0.25) is 0 Å². The Hall–Kier alpha value is -2.15. The van der Waals surface area contributed by atoms with Crippen LogP contribution in [0.2, 0.25) is 0 Å². The molecule has 0 unspecified atom stereocenters. The van der Waals surface area contributed by atoms with E-state index in [0.29, 0.717) is 36.2 Å². The second kappa shape index (κ2) is 7.61. The summed E-state index contributed by atoms with van der Waals surface area (Å²) in [4.78, 5) is 6.42. The predicted octanol–water partition coefficient (Wildman–Crippen LogP) is 4.12. The molecular formula is C19H27FN4O2. The smallest absolute Gasteiger partial charge is 0.248 e. The zero-order valence-corrected chi connectivity index (χ0v) is 16.0. The van der Waals surface area contributed by atoms with E-state index in [-0.39, 0.29) is 30.0 Å². The van der Waals surface area contributed by atoms with E-state index in [0.717, 1.165) is 0 Å². The van der Waals surface area contributed by atoms with Crippen molar-refractivity contribution in [2.45, 2.75) is 58.8 Å². The summed E-state index contributed by atoms with van der Waals surface area (Å²) in [7, 11) is 0. The number of rotatable bonds is 5. The van der Waals surface area contributed by atoms with Gasteiger partial charge in [-0.1, -0.05) is 19.0 Å². The van der Waals surface area contributed by atoms with Crippen molar-refractivity contribution in [1.29, 1.82) is 0 Å². The summed E-state index contributed by atoms with van der Waals surface area (Å²) in [5.41, 5.74) is 1.28. The molecule has 1 saturated heterocycles. The molecule has 1 fully saturated rings. The van der Waals surface area contributed by atoms with Gasteiger partial charge in [0.05, 0.1) is 17.9 Å². The number of aromatic nitrogens is 2. The fraction of sp³-hybridized carbons (Fsp3) is 0.579. The Morgan fingerprint density at radius 2 is 1.88 bits per heavy atom. The minimum absolute atomic E-state index is 0.0867. The maximum Gasteiger partial charge on any atom is 0.248 e. The van der Waals surface area contributed by atoms with Gasteiger partial charge in [0.25, 0.3) is 0 Å². The number of morpholine rings is 1. The first-order chi connectivity index (χ1) is 12.3. The van der Waals surface area contributed by atoms with Gasteiger partial charge in [0.1, 0.15) is 11.9 Å². The van der Waals surface area contributed by atoms with Crippen LogP contribution in [-0.2, 0) is 4.74 Å². The molecule has 1 aliphatic rings. The Kier molecular flexibility index (Phi) is 5.46. The van der Waals surface area contributed by atoms with Gasteiger partial charge in [-0.25, -0.2) is 4.39 Å². The summed E-state index contributed by atoms with van der Waals surface area (Å²) in [6.07, 6.45) is 0.173. The molecule has 2 aromatic rings. The van der Waals surface area contributed by atoms with Gasteiger partial charge in [-0.15, -0.1) is 0 Å². The summed E-state index contributed by atoms with van der Waals surface area (Å²) < 4.78 is 25.7. The highest BCUT2D eigenvalue weighted by atomic mass is 19.1. The molecular weight excluding hydrogens is 335 g/mol. The molecule has 0 spiro atoms. The third-order valence-corrected chi connectivity index (χ3v) is 4.44. The van der Waals surface area contributed by atoms with Crippen LogP contribution < -0.4 is 10.2 Å². The number of benzene rings is 1. The SMILES string of the molecule is CC(C)c1noc([C@H](C)Nc2ccc(N3C[C@@H](C)O[C@@H](C)C3)c(F)c2)n1. The van der Waals surface area contributed by atoms with Crippen molar-refractivity contribution in [2.75, 3.05) is 23.3 Å². The van der Waals surface area contributed by atoms with Gasteiger partial charge in [0.15, 0.2) is 5.82 Å². The van der Waals surface area contributed by atoms with E-state index < -0.39 is 0 Å². The molecule has 3 atom stereocenters. The van der Waals surface area contributed by atoms with Crippen LogP contribution in [0.4, 0.5) is 15.8 Å². The molecule has 0 amide bonds. The fourth-order valence-electron chi connectivity index (χ4n) is 3.20. The number of nitrogens with one attached hydrogen (secondary N) is 1. The summed E-state index contributed by atoms with van der Waals surface area (Å²) in [5, 5.41) is 7.19. The van der Waals surface area contributed by atoms with Crippen LogP contribution in [0.1, 0.15) is 58.3 Å². The number of ether oxygens (including phenoxy) is 1. The van der Waals surface area contributed by atoms with E-state index in [1.165, 1.54) is 6.07 Å². The summed E-state index contributed by atoms with van der Waals surface area (Å²) >= 11 is 0. The van der Waals surface area contributed by atoms with Gasteiger partial charge in [-0.2, -0.15) is 4.98 Å². The van der Waals surface area contributed by atoms with Crippen molar-refractivity contribution in [3.05, 3.63) is 35.7 Å². The second-order valence-electron chi connectivity index (χ2n) is 7.34. The van der Waals surface area contributed by atoms with Crippen LogP contribution in [0.15, 0.2) is 22.7 Å². The van der Waals surface area contributed by atoms with E-state index in [1.54, 1.807) is 0 Å². The normalized spacial score (nSPS) is 21.9. The molecule has 1 aromatic heterocycles. The van der Waals surface area contributed by atoms with Crippen molar-refractivity contribution in [2.24, 2.45) is 0 Å². The molecule has 142 valence electrons. The highest BCUT2D eigenvalue weighted by Crippen LogP contribution is 2.28. The maximum absolute atomic E-state index is 14.7. The summed E-state index contributed by atoms with van der Waals surface area (Å²) in [6.45, 7) is 11.3. The molecule has 0 radical (unpaired) electrons. The van der Waals surface area contributed by atoms with E-state index in [1.807, 2.05) is 51.7 Å². The summed E-state index contributed by atoms with van der Waals surface area (Å²) in [5.74, 6) is 1.12. The zero-order chi connectivity index (χ0) is 18.8. The van der Waals surface area contributed by atoms with Crippen LogP contribution in [0.25, 0.3) is 0 Å². The largest absolute Gasteiger partial charge is 0.374 e. The van der Waals surface area contributed by atoms with Crippen LogP contribution in [0.5, 0.6) is 0 Å². The average Bonchev–Trinajstić information content (AvgIpc) is 3.04. The Balaban J connectivity index is 1.70. The molecule has 6 nitrogen and oxygen atoms in total. The number of anilines is 2. The molecule has 0 aliphatic carbocycles. The van der Waals surface area contributed by atoms with E-state index in [4.69, 9.17) is 9.26 Å². The predicted molar refractivity (Wildman–Crippen MR) is 99.0 cm³/mol. The molecule has 1 aliphatic heterocycles. The Morgan fingerprint density at radius 3 is 2.46 bits per heavy atom. The number of nitrogens with zero attached hydrogens (tertiary/aromatic N) is 3.